The Hall–Kier alpha value is -1.71. The summed E-state index contributed by atoms with van der Waals surface area (Å²) >= 11 is 0. The summed E-state index contributed by atoms with van der Waals surface area (Å²) in [6, 6.07) is 14.3. The third-order valence-corrected chi connectivity index (χ3v) is 4.72. The first-order valence-electron chi connectivity index (χ1n) is 8.10. The Labute approximate surface area is 132 Å². The molecule has 22 heavy (non-hydrogen) atoms. The van der Waals surface area contributed by atoms with E-state index in [2.05, 4.69) is 41.1 Å². The molecule has 1 fully saturated rings. The Morgan fingerprint density at radius 3 is 2.55 bits per heavy atom. The SMILES string of the molecule is Cc1ccccc1CN1CCC(C(O)c2ccccn2)CC1. The van der Waals surface area contributed by atoms with Crippen LogP contribution in [-0.2, 0) is 6.54 Å². The average molecular weight is 296 g/mol. The van der Waals surface area contributed by atoms with Crippen LogP contribution in [0, 0.1) is 12.8 Å². The highest BCUT2D eigenvalue weighted by Crippen LogP contribution is 2.30. The van der Waals surface area contributed by atoms with Crippen molar-refractivity contribution in [1.82, 2.24) is 9.88 Å². The molecule has 0 saturated carbocycles. The molecule has 1 atom stereocenters. The highest BCUT2D eigenvalue weighted by atomic mass is 16.3. The van der Waals surface area contributed by atoms with Crippen molar-refractivity contribution in [3.05, 3.63) is 65.5 Å². The molecule has 3 rings (SSSR count). The van der Waals surface area contributed by atoms with Gasteiger partial charge in [-0.05, 0) is 62.0 Å². The van der Waals surface area contributed by atoms with Gasteiger partial charge in [-0.25, -0.2) is 0 Å². The van der Waals surface area contributed by atoms with Crippen LogP contribution in [0.25, 0.3) is 0 Å². The number of aryl methyl sites for hydroxylation is 1. The lowest BCUT2D eigenvalue weighted by molar-refractivity contribution is 0.0539. The molecule has 1 aliphatic heterocycles. The first-order chi connectivity index (χ1) is 10.7. The molecular formula is C19H24N2O. The second-order valence-corrected chi connectivity index (χ2v) is 6.24. The molecule has 0 bridgehead atoms. The first kappa shape index (κ1) is 15.2. The molecule has 1 aliphatic rings. The average Bonchev–Trinajstić information content (AvgIpc) is 2.58. The molecule has 116 valence electrons. The lowest BCUT2D eigenvalue weighted by Crippen LogP contribution is -2.35. The van der Waals surface area contributed by atoms with Crippen LogP contribution in [0.15, 0.2) is 48.7 Å². The Bertz CT molecular complexity index is 591. The van der Waals surface area contributed by atoms with Gasteiger partial charge in [0.05, 0.1) is 11.8 Å². The number of hydrogen-bond donors (Lipinski definition) is 1. The summed E-state index contributed by atoms with van der Waals surface area (Å²) in [5, 5.41) is 10.5. The van der Waals surface area contributed by atoms with Crippen molar-refractivity contribution in [2.24, 2.45) is 5.92 Å². The van der Waals surface area contributed by atoms with Crippen LogP contribution >= 0.6 is 0 Å². The summed E-state index contributed by atoms with van der Waals surface area (Å²) in [6.45, 7) is 5.28. The summed E-state index contributed by atoms with van der Waals surface area (Å²) in [7, 11) is 0. The predicted molar refractivity (Wildman–Crippen MR) is 88.4 cm³/mol. The maximum atomic E-state index is 10.5. The molecule has 1 aromatic carbocycles. The van der Waals surface area contributed by atoms with Gasteiger partial charge in [-0.1, -0.05) is 30.3 Å². The summed E-state index contributed by atoms with van der Waals surface area (Å²) in [4.78, 5) is 6.78. The van der Waals surface area contributed by atoms with E-state index in [9.17, 15) is 5.11 Å². The van der Waals surface area contributed by atoms with Crippen molar-refractivity contribution in [3.63, 3.8) is 0 Å². The number of aliphatic hydroxyl groups is 1. The number of rotatable bonds is 4. The lowest BCUT2D eigenvalue weighted by Gasteiger charge is -2.34. The van der Waals surface area contributed by atoms with E-state index >= 15 is 0 Å². The zero-order valence-corrected chi connectivity index (χ0v) is 13.2. The van der Waals surface area contributed by atoms with Crippen molar-refractivity contribution < 1.29 is 5.11 Å². The molecule has 2 heterocycles. The summed E-state index contributed by atoms with van der Waals surface area (Å²) in [6.07, 6.45) is 3.39. The Morgan fingerprint density at radius 1 is 1.14 bits per heavy atom. The van der Waals surface area contributed by atoms with Crippen LogP contribution in [0.4, 0.5) is 0 Å². The molecule has 1 aromatic heterocycles. The maximum absolute atomic E-state index is 10.5. The largest absolute Gasteiger partial charge is 0.387 e. The third-order valence-electron chi connectivity index (χ3n) is 4.72. The number of piperidine rings is 1. The molecule has 2 aromatic rings. The van der Waals surface area contributed by atoms with Crippen molar-refractivity contribution in [3.8, 4) is 0 Å². The van der Waals surface area contributed by atoms with E-state index in [1.807, 2.05) is 18.2 Å². The van der Waals surface area contributed by atoms with Crippen LogP contribution < -0.4 is 0 Å². The van der Waals surface area contributed by atoms with Gasteiger partial charge in [0.25, 0.3) is 0 Å². The molecule has 0 aliphatic carbocycles. The summed E-state index contributed by atoms with van der Waals surface area (Å²) < 4.78 is 0. The van der Waals surface area contributed by atoms with Crippen molar-refractivity contribution in [2.45, 2.75) is 32.4 Å². The van der Waals surface area contributed by atoms with Gasteiger partial charge >= 0.3 is 0 Å². The predicted octanol–water partition coefficient (Wildman–Crippen LogP) is 3.34. The fourth-order valence-corrected chi connectivity index (χ4v) is 3.25. The second kappa shape index (κ2) is 7.03. The minimum atomic E-state index is -0.429. The van der Waals surface area contributed by atoms with Crippen LogP contribution in [-0.4, -0.2) is 28.1 Å². The van der Waals surface area contributed by atoms with Crippen LogP contribution in [0.5, 0.6) is 0 Å². The highest BCUT2D eigenvalue weighted by Gasteiger charge is 2.26. The fraction of sp³-hybridized carbons (Fsp3) is 0.421. The highest BCUT2D eigenvalue weighted by molar-refractivity contribution is 5.25. The number of pyridine rings is 1. The van der Waals surface area contributed by atoms with E-state index in [1.165, 1.54) is 11.1 Å². The zero-order chi connectivity index (χ0) is 15.4. The minimum Gasteiger partial charge on any atom is -0.387 e. The lowest BCUT2D eigenvalue weighted by atomic mass is 9.89. The third kappa shape index (κ3) is 3.54. The van der Waals surface area contributed by atoms with Crippen molar-refractivity contribution >= 4 is 0 Å². The number of aliphatic hydroxyl groups excluding tert-OH is 1. The van der Waals surface area contributed by atoms with Crippen LogP contribution in [0.1, 0.15) is 35.8 Å². The topological polar surface area (TPSA) is 36.4 Å². The van der Waals surface area contributed by atoms with Crippen LogP contribution in [0.3, 0.4) is 0 Å². The number of aromatic nitrogens is 1. The molecule has 3 heteroatoms. The number of benzene rings is 1. The minimum absolute atomic E-state index is 0.322. The zero-order valence-electron chi connectivity index (χ0n) is 13.2. The fourth-order valence-electron chi connectivity index (χ4n) is 3.25. The Morgan fingerprint density at radius 2 is 1.86 bits per heavy atom. The van der Waals surface area contributed by atoms with E-state index < -0.39 is 6.10 Å². The van der Waals surface area contributed by atoms with Crippen LogP contribution in [0.2, 0.25) is 0 Å². The second-order valence-electron chi connectivity index (χ2n) is 6.24. The van der Waals surface area contributed by atoms with E-state index in [0.29, 0.717) is 5.92 Å². The van der Waals surface area contributed by atoms with E-state index in [4.69, 9.17) is 0 Å². The molecule has 1 unspecified atom stereocenters. The number of nitrogens with zero attached hydrogens (tertiary/aromatic N) is 2. The van der Waals surface area contributed by atoms with Gasteiger partial charge in [-0.2, -0.15) is 0 Å². The molecule has 0 amide bonds. The Balaban J connectivity index is 1.55. The smallest absolute Gasteiger partial charge is 0.0988 e. The van der Waals surface area contributed by atoms with Gasteiger partial charge in [0.2, 0.25) is 0 Å². The maximum Gasteiger partial charge on any atom is 0.0988 e. The van der Waals surface area contributed by atoms with E-state index in [1.54, 1.807) is 6.20 Å². The molecule has 0 spiro atoms. The monoisotopic (exact) mass is 296 g/mol. The van der Waals surface area contributed by atoms with E-state index in [-0.39, 0.29) is 0 Å². The van der Waals surface area contributed by atoms with Gasteiger partial charge < -0.3 is 5.11 Å². The number of hydrogen-bond acceptors (Lipinski definition) is 3. The summed E-state index contributed by atoms with van der Waals surface area (Å²) in [5.41, 5.74) is 3.57. The van der Waals surface area contributed by atoms with Crippen molar-refractivity contribution in [1.29, 1.82) is 0 Å². The summed E-state index contributed by atoms with van der Waals surface area (Å²) in [5.74, 6) is 0.322. The molecule has 3 nitrogen and oxygen atoms in total. The Kier molecular flexibility index (Phi) is 4.86. The standard InChI is InChI=1S/C19H24N2O/c1-15-6-2-3-7-17(15)14-21-12-9-16(10-13-21)19(22)18-8-4-5-11-20-18/h2-8,11,16,19,22H,9-10,12-14H2,1H3. The first-order valence-corrected chi connectivity index (χ1v) is 8.10. The van der Waals surface area contributed by atoms with Crippen molar-refractivity contribution in [2.75, 3.05) is 13.1 Å². The quantitative estimate of drug-likeness (QED) is 0.940. The van der Waals surface area contributed by atoms with Gasteiger partial charge in [0.1, 0.15) is 0 Å². The van der Waals surface area contributed by atoms with Gasteiger partial charge in [0.15, 0.2) is 0 Å². The molecule has 1 saturated heterocycles. The van der Waals surface area contributed by atoms with Gasteiger partial charge in [-0.3, -0.25) is 9.88 Å². The van der Waals surface area contributed by atoms with Gasteiger partial charge in [-0.15, -0.1) is 0 Å². The normalized spacial score (nSPS) is 18.3. The molecular weight excluding hydrogens is 272 g/mol. The molecule has 0 radical (unpaired) electrons. The number of likely N-dealkylation sites (tertiary alicyclic amines) is 1. The molecule has 1 N–H and O–H groups in total. The van der Waals surface area contributed by atoms with E-state index in [0.717, 1.165) is 38.2 Å². The van der Waals surface area contributed by atoms with Gasteiger partial charge in [0, 0.05) is 12.7 Å².